The number of nitrogens with zero attached hydrogens (tertiary/aromatic N) is 1. The van der Waals surface area contributed by atoms with E-state index in [-0.39, 0.29) is 10.8 Å². The van der Waals surface area contributed by atoms with Gasteiger partial charge in [0.1, 0.15) is 5.75 Å². The number of anilines is 1. The van der Waals surface area contributed by atoms with Gasteiger partial charge in [-0.15, -0.1) is 0 Å². The highest BCUT2D eigenvalue weighted by Gasteiger charge is 2.25. The van der Waals surface area contributed by atoms with Crippen molar-refractivity contribution in [3.8, 4) is 5.75 Å². The van der Waals surface area contributed by atoms with Gasteiger partial charge >= 0.3 is 0 Å². The number of rotatable bonds is 7. The van der Waals surface area contributed by atoms with E-state index < -0.39 is 10.0 Å². The number of hydrogen-bond donors (Lipinski definition) is 1. The summed E-state index contributed by atoms with van der Waals surface area (Å²) in [6.45, 7) is 3.58. The molecule has 0 unspecified atom stereocenters. The number of ether oxygens (including phenoxy) is 1. The normalized spacial score (nSPS) is 15.3. The maximum absolute atomic E-state index is 12.7. The number of carbonyl (C=O) groups excluding carboxylic acids is 1. The van der Waals surface area contributed by atoms with E-state index >= 15 is 0 Å². The van der Waals surface area contributed by atoms with Crippen molar-refractivity contribution in [2.75, 3.05) is 25.0 Å². The number of benzene rings is 2. The Hall–Kier alpha value is -2.64. The number of piperidine rings is 1. The zero-order valence-electron chi connectivity index (χ0n) is 16.5. The van der Waals surface area contributed by atoms with Crippen molar-refractivity contribution < 1.29 is 17.9 Å². The number of para-hydroxylation sites is 1. The highest BCUT2D eigenvalue weighted by molar-refractivity contribution is 7.89. The number of amides is 1. The van der Waals surface area contributed by atoms with E-state index in [4.69, 9.17) is 4.74 Å². The van der Waals surface area contributed by atoms with Crippen LogP contribution in [-0.2, 0) is 14.8 Å². The van der Waals surface area contributed by atoms with Crippen LogP contribution >= 0.6 is 0 Å². The van der Waals surface area contributed by atoms with E-state index in [9.17, 15) is 13.2 Å². The molecule has 0 radical (unpaired) electrons. The van der Waals surface area contributed by atoms with E-state index in [0.29, 0.717) is 31.1 Å². The molecule has 6 nitrogen and oxygen atoms in total. The molecule has 1 heterocycles. The lowest BCUT2D eigenvalue weighted by Gasteiger charge is -2.25. The summed E-state index contributed by atoms with van der Waals surface area (Å²) in [5.41, 5.74) is 1.35. The van der Waals surface area contributed by atoms with Gasteiger partial charge in [-0.3, -0.25) is 4.79 Å². The van der Waals surface area contributed by atoms with E-state index in [1.807, 2.05) is 31.2 Å². The first-order valence-corrected chi connectivity index (χ1v) is 11.3. The molecule has 2 aromatic rings. The Balaban J connectivity index is 1.64. The summed E-state index contributed by atoms with van der Waals surface area (Å²) >= 11 is 0. The van der Waals surface area contributed by atoms with Gasteiger partial charge in [0.15, 0.2) is 0 Å². The minimum atomic E-state index is -3.47. The van der Waals surface area contributed by atoms with Crippen LogP contribution in [0.4, 0.5) is 5.69 Å². The third kappa shape index (κ3) is 5.46. The largest absolute Gasteiger partial charge is 0.493 e. The van der Waals surface area contributed by atoms with Gasteiger partial charge < -0.3 is 10.1 Å². The van der Waals surface area contributed by atoms with Crippen molar-refractivity contribution in [3.05, 3.63) is 60.2 Å². The lowest BCUT2D eigenvalue weighted by molar-refractivity contribution is -0.111. The summed E-state index contributed by atoms with van der Waals surface area (Å²) in [6, 6.07) is 13.8. The molecule has 1 saturated heterocycles. The third-order valence-electron chi connectivity index (χ3n) is 4.71. The number of nitrogens with one attached hydrogen (secondary N) is 1. The molecule has 0 spiro atoms. The van der Waals surface area contributed by atoms with Gasteiger partial charge in [0.05, 0.1) is 11.5 Å². The van der Waals surface area contributed by atoms with E-state index in [1.165, 1.54) is 22.5 Å². The molecule has 3 rings (SSSR count). The Labute approximate surface area is 172 Å². The van der Waals surface area contributed by atoms with Crippen LogP contribution in [0, 0.1) is 0 Å². The van der Waals surface area contributed by atoms with E-state index in [1.54, 1.807) is 18.2 Å². The molecule has 1 fully saturated rings. The van der Waals surface area contributed by atoms with Crippen LogP contribution in [0.15, 0.2) is 59.5 Å². The molecule has 29 heavy (non-hydrogen) atoms. The van der Waals surface area contributed by atoms with Gasteiger partial charge in [-0.25, -0.2) is 8.42 Å². The van der Waals surface area contributed by atoms with Gasteiger partial charge in [-0.2, -0.15) is 4.31 Å². The highest BCUT2D eigenvalue weighted by atomic mass is 32.2. The molecule has 0 bridgehead atoms. The standard InChI is InChI=1S/C22H26N2O4S/c1-2-28-21-9-5-4-8-18(21)10-15-22(25)23-19-11-13-20(14-12-19)29(26,27)24-16-6-3-7-17-24/h4-5,8-15H,2-3,6-7,16-17H2,1H3,(H,23,25)/b15-10+. The van der Waals surface area contributed by atoms with Crippen LogP contribution < -0.4 is 10.1 Å². The SMILES string of the molecule is CCOc1ccccc1/C=C/C(=O)Nc1ccc(S(=O)(=O)N2CCCCC2)cc1. The Morgan fingerprint density at radius 3 is 2.45 bits per heavy atom. The number of hydrogen-bond acceptors (Lipinski definition) is 4. The number of sulfonamides is 1. The Morgan fingerprint density at radius 1 is 1.07 bits per heavy atom. The van der Waals surface area contributed by atoms with Crippen LogP contribution in [0.1, 0.15) is 31.7 Å². The predicted molar refractivity (Wildman–Crippen MR) is 114 cm³/mol. The molecule has 1 aliphatic heterocycles. The van der Waals surface area contributed by atoms with Gasteiger partial charge in [-0.05, 0) is 56.2 Å². The molecule has 7 heteroatoms. The Kier molecular flexibility index (Phi) is 7.06. The quantitative estimate of drug-likeness (QED) is 0.697. The van der Waals surface area contributed by atoms with E-state index in [0.717, 1.165) is 24.8 Å². The minimum absolute atomic E-state index is 0.249. The fourth-order valence-corrected chi connectivity index (χ4v) is 4.74. The van der Waals surface area contributed by atoms with Crippen molar-refractivity contribution in [2.24, 2.45) is 0 Å². The van der Waals surface area contributed by atoms with Gasteiger partial charge in [0, 0.05) is 30.4 Å². The molecular formula is C22H26N2O4S. The summed E-state index contributed by atoms with van der Waals surface area (Å²) < 4.78 is 32.4. The topological polar surface area (TPSA) is 75.7 Å². The molecule has 0 aliphatic carbocycles. The van der Waals surface area contributed by atoms with Gasteiger partial charge in [0.25, 0.3) is 0 Å². The second-order valence-corrected chi connectivity index (χ2v) is 8.72. The summed E-state index contributed by atoms with van der Waals surface area (Å²) in [6.07, 6.45) is 5.98. The Bertz CT molecular complexity index is 963. The van der Waals surface area contributed by atoms with Crippen molar-refractivity contribution in [1.82, 2.24) is 4.31 Å². The molecular weight excluding hydrogens is 388 g/mol. The van der Waals surface area contributed by atoms with Gasteiger partial charge in [0.2, 0.25) is 15.9 Å². The highest BCUT2D eigenvalue weighted by Crippen LogP contribution is 2.22. The monoisotopic (exact) mass is 414 g/mol. The lowest BCUT2D eigenvalue weighted by atomic mass is 10.2. The third-order valence-corrected chi connectivity index (χ3v) is 6.62. The number of carbonyl (C=O) groups is 1. The minimum Gasteiger partial charge on any atom is -0.493 e. The summed E-state index contributed by atoms with van der Waals surface area (Å²) in [4.78, 5) is 12.5. The second kappa shape index (κ2) is 9.71. The summed E-state index contributed by atoms with van der Waals surface area (Å²) in [5, 5.41) is 2.75. The zero-order chi connectivity index (χ0) is 20.7. The van der Waals surface area contributed by atoms with Crippen molar-refractivity contribution in [3.63, 3.8) is 0 Å². The van der Waals surface area contributed by atoms with Crippen molar-refractivity contribution >= 4 is 27.7 Å². The van der Waals surface area contributed by atoms with Crippen molar-refractivity contribution in [2.45, 2.75) is 31.1 Å². The first-order valence-electron chi connectivity index (χ1n) is 9.82. The summed E-state index contributed by atoms with van der Waals surface area (Å²) in [7, 11) is -3.47. The second-order valence-electron chi connectivity index (χ2n) is 6.78. The average Bonchev–Trinajstić information content (AvgIpc) is 2.74. The lowest BCUT2D eigenvalue weighted by Crippen LogP contribution is -2.35. The van der Waals surface area contributed by atoms with E-state index in [2.05, 4.69) is 5.32 Å². The maximum atomic E-state index is 12.7. The van der Waals surface area contributed by atoms with Crippen molar-refractivity contribution in [1.29, 1.82) is 0 Å². The van der Waals surface area contributed by atoms with Crippen LogP contribution in [-0.4, -0.2) is 38.3 Å². The summed E-state index contributed by atoms with van der Waals surface area (Å²) in [5.74, 6) is 0.411. The fraction of sp³-hybridized carbons (Fsp3) is 0.318. The van der Waals surface area contributed by atoms with Crippen LogP contribution in [0.5, 0.6) is 5.75 Å². The van der Waals surface area contributed by atoms with Gasteiger partial charge in [-0.1, -0.05) is 24.6 Å². The molecule has 0 atom stereocenters. The van der Waals surface area contributed by atoms with Crippen LogP contribution in [0.25, 0.3) is 6.08 Å². The van der Waals surface area contributed by atoms with Crippen LogP contribution in [0.2, 0.25) is 0 Å². The fourth-order valence-electron chi connectivity index (χ4n) is 3.22. The molecule has 0 saturated carbocycles. The molecule has 2 aromatic carbocycles. The van der Waals surface area contributed by atoms with Crippen LogP contribution in [0.3, 0.4) is 0 Å². The first-order chi connectivity index (χ1) is 14.0. The molecule has 154 valence electrons. The predicted octanol–water partition coefficient (Wildman–Crippen LogP) is 3.91. The molecule has 1 amide bonds. The first kappa shape index (κ1) is 21.1. The Morgan fingerprint density at radius 2 is 1.76 bits per heavy atom. The maximum Gasteiger partial charge on any atom is 0.248 e. The molecule has 0 aromatic heterocycles. The smallest absolute Gasteiger partial charge is 0.248 e. The molecule has 1 N–H and O–H groups in total. The zero-order valence-corrected chi connectivity index (χ0v) is 17.3. The molecule has 1 aliphatic rings. The average molecular weight is 415 g/mol.